The van der Waals surface area contributed by atoms with E-state index < -0.39 is 12.0 Å². The van der Waals surface area contributed by atoms with Gasteiger partial charge in [-0.3, -0.25) is 4.79 Å². The minimum absolute atomic E-state index is 0.0488. The Morgan fingerprint density at radius 2 is 1.81 bits per heavy atom. The molecule has 0 aliphatic rings. The number of aromatic hydroxyl groups is 1. The second kappa shape index (κ2) is 10.5. The highest BCUT2D eigenvalue weighted by Crippen LogP contribution is 2.32. The number of nitrogens with one attached hydrogen (secondary N) is 1. The van der Waals surface area contributed by atoms with Gasteiger partial charge in [0.15, 0.2) is 6.10 Å². The highest BCUT2D eigenvalue weighted by Gasteiger charge is 2.14. The molecule has 31 heavy (non-hydrogen) atoms. The summed E-state index contributed by atoms with van der Waals surface area (Å²) in [7, 11) is 0. The molecule has 0 unspecified atom stereocenters. The second-order valence-electron chi connectivity index (χ2n) is 6.35. The third-order valence-corrected chi connectivity index (χ3v) is 5.02. The summed E-state index contributed by atoms with van der Waals surface area (Å²) in [6.45, 7) is 1.60. The molecular formula is C22H17BrCl2N2O4. The van der Waals surface area contributed by atoms with Gasteiger partial charge in [0.05, 0.1) is 11.2 Å². The van der Waals surface area contributed by atoms with Gasteiger partial charge in [-0.05, 0) is 67.6 Å². The van der Waals surface area contributed by atoms with E-state index in [0.717, 1.165) is 4.47 Å². The first-order chi connectivity index (χ1) is 14.8. The zero-order chi connectivity index (χ0) is 22.4. The van der Waals surface area contributed by atoms with Crippen molar-refractivity contribution < 1.29 is 19.4 Å². The average molecular weight is 524 g/mol. The van der Waals surface area contributed by atoms with Crippen molar-refractivity contribution in [1.82, 2.24) is 5.43 Å². The molecule has 0 aromatic heterocycles. The van der Waals surface area contributed by atoms with Crippen molar-refractivity contribution in [3.8, 4) is 23.0 Å². The minimum Gasteiger partial charge on any atom is -0.507 e. The number of rotatable bonds is 7. The number of hydrogen-bond donors (Lipinski definition) is 2. The van der Waals surface area contributed by atoms with Crippen LogP contribution < -0.4 is 14.9 Å². The minimum atomic E-state index is -0.800. The molecule has 6 nitrogen and oxygen atoms in total. The number of carbonyl (C=O) groups excluding carboxylic acids is 1. The van der Waals surface area contributed by atoms with Crippen molar-refractivity contribution >= 4 is 51.3 Å². The lowest BCUT2D eigenvalue weighted by molar-refractivity contribution is -0.127. The molecule has 9 heteroatoms. The van der Waals surface area contributed by atoms with Crippen molar-refractivity contribution in [3.63, 3.8) is 0 Å². The van der Waals surface area contributed by atoms with E-state index in [1.807, 2.05) is 0 Å². The molecule has 0 heterocycles. The van der Waals surface area contributed by atoms with Crippen LogP contribution in [0.5, 0.6) is 23.0 Å². The van der Waals surface area contributed by atoms with Crippen molar-refractivity contribution in [2.45, 2.75) is 13.0 Å². The number of halogens is 3. The maximum atomic E-state index is 12.2. The Morgan fingerprint density at radius 3 is 2.52 bits per heavy atom. The Morgan fingerprint density at radius 1 is 1.10 bits per heavy atom. The number of ether oxygens (including phenoxy) is 2. The fourth-order valence-electron chi connectivity index (χ4n) is 2.41. The SMILES string of the molecule is C[C@H](Oc1ccc(Oc2ccc(Cl)cc2Cl)cc1)C(=O)N/N=C\c1cc(Br)ccc1O. The second-order valence-corrected chi connectivity index (χ2v) is 8.10. The van der Waals surface area contributed by atoms with Crippen LogP contribution >= 0.6 is 39.1 Å². The number of amides is 1. The van der Waals surface area contributed by atoms with Crippen LogP contribution in [-0.2, 0) is 4.79 Å². The number of benzene rings is 3. The molecule has 1 amide bonds. The number of phenolic OH excluding ortho intramolecular Hbond substituents is 1. The Kier molecular flexibility index (Phi) is 7.79. The summed E-state index contributed by atoms with van der Waals surface area (Å²) in [5.74, 6) is 1.10. The third-order valence-electron chi connectivity index (χ3n) is 4.00. The number of phenols is 1. The first-order valence-electron chi connectivity index (χ1n) is 9.03. The monoisotopic (exact) mass is 522 g/mol. The topological polar surface area (TPSA) is 80.2 Å². The van der Waals surface area contributed by atoms with Gasteiger partial charge >= 0.3 is 0 Å². The maximum Gasteiger partial charge on any atom is 0.280 e. The summed E-state index contributed by atoms with van der Waals surface area (Å²) in [6, 6.07) is 16.6. The first-order valence-corrected chi connectivity index (χ1v) is 10.6. The molecule has 0 aliphatic heterocycles. The molecule has 0 spiro atoms. The number of carbonyl (C=O) groups is 1. The fourth-order valence-corrected chi connectivity index (χ4v) is 3.24. The van der Waals surface area contributed by atoms with Crippen LogP contribution in [0, 0.1) is 0 Å². The number of hydrazone groups is 1. The highest BCUT2D eigenvalue weighted by atomic mass is 79.9. The molecule has 1 atom stereocenters. The molecule has 0 saturated carbocycles. The lowest BCUT2D eigenvalue weighted by atomic mass is 10.2. The highest BCUT2D eigenvalue weighted by molar-refractivity contribution is 9.10. The summed E-state index contributed by atoms with van der Waals surface area (Å²) in [5, 5.41) is 14.5. The Bertz CT molecular complexity index is 1110. The zero-order valence-corrected chi connectivity index (χ0v) is 19.3. The largest absolute Gasteiger partial charge is 0.507 e. The molecule has 0 saturated heterocycles. The smallest absolute Gasteiger partial charge is 0.280 e. The van der Waals surface area contributed by atoms with Gasteiger partial charge in [-0.25, -0.2) is 5.43 Å². The van der Waals surface area contributed by atoms with E-state index in [2.05, 4.69) is 26.5 Å². The van der Waals surface area contributed by atoms with Crippen molar-refractivity contribution in [3.05, 3.63) is 80.7 Å². The van der Waals surface area contributed by atoms with Crippen molar-refractivity contribution in [2.75, 3.05) is 0 Å². The summed E-state index contributed by atoms with van der Waals surface area (Å²) < 4.78 is 12.1. The standard InChI is InChI=1S/C22H17BrCl2N2O4/c1-13(22(29)27-26-12-14-10-15(23)2-8-20(14)28)30-17-4-6-18(7-5-17)31-21-9-3-16(24)11-19(21)25/h2-13,28H,1H3,(H,27,29)/b26-12-/t13-/m0/s1. The van der Waals surface area contributed by atoms with Gasteiger partial charge in [0, 0.05) is 15.1 Å². The summed E-state index contributed by atoms with van der Waals surface area (Å²) in [4.78, 5) is 12.2. The maximum absolute atomic E-state index is 12.2. The van der Waals surface area contributed by atoms with Gasteiger partial charge in [-0.15, -0.1) is 0 Å². The lowest BCUT2D eigenvalue weighted by Crippen LogP contribution is -2.33. The fraction of sp³-hybridized carbons (Fsp3) is 0.0909. The van der Waals surface area contributed by atoms with Gasteiger partial charge in [0.2, 0.25) is 0 Å². The zero-order valence-electron chi connectivity index (χ0n) is 16.2. The van der Waals surface area contributed by atoms with Gasteiger partial charge in [0.1, 0.15) is 23.0 Å². The molecule has 3 aromatic carbocycles. The molecule has 0 radical (unpaired) electrons. The van der Waals surface area contributed by atoms with Crippen molar-refractivity contribution in [2.24, 2.45) is 5.10 Å². The van der Waals surface area contributed by atoms with Crippen LogP contribution in [-0.4, -0.2) is 23.3 Å². The molecule has 0 aliphatic carbocycles. The van der Waals surface area contributed by atoms with Crippen LogP contribution in [0.3, 0.4) is 0 Å². The van der Waals surface area contributed by atoms with E-state index in [9.17, 15) is 9.90 Å². The molecule has 2 N–H and O–H groups in total. The van der Waals surface area contributed by atoms with Crippen molar-refractivity contribution in [1.29, 1.82) is 0 Å². The first kappa shape index (κ1) is 22.9. The summed E-state index contributed by atoms with van der Waals surface area (Å²) in [6.07, 6.45) is 0.546. The van der Waals surface area contributed by atoms with E-state index in [-0.39, 0.29) is 5.75 Å². The Balaban J connectivity index is 1.54. The van der Waals surface area contributed by atoms with Crippen LogP contribution in [0.2, 0.25) is 10.0 Å². The van der Waals surface area contributed by atoms with E-state index in [1.165, 1.54) is 12.3 Å². The van der Waals surface area contributed by atoms with E-state index in [0.29, 0.717) is 32.9 Å². The number of nitrogens with zero attached hydrogens (tertiary/aromatic N) is 1. The molecule has 0 fully saturated rings. The molecule has 3 aromatic rings. The normalized spacial score (nSPS) is 11.9. The van der Waals surface area contributed by atoms with Gasteiger partial charge in [0.25, 0.3) is 5.91 Å². The number of hydrogen-bond acceptors (Lipinski definition) is 5. The van der Waals surface area contributed by atoms with Gasteiger partial charge in [-0.1, -0.05) is 39.1 Å². The predicted molar refractivity (Wildman–Crippen MR) is 125 cm³/mol. The summed E-state index contributed by atoms with van der Waals surface area (Å²) >= 11 is 15.3. The van der Waals surface area contributed by atoms with Gasteiger partial charge < -0.3 is 14.6 Å². The molecule has 3 rings (SSSR count). The third kappa shape index (κ3) is 6.62. The van der Waals surface area contributed by atoms with E-state index >= 15 is 0 Å². The van der Waals surface area contributed by atoms with E-state index in [4.69, 9.17) is 32.7 Å². The summed E-state index contributed by atoms with van der Waals surface area (Å²) in [5.41, 5.74) is 2.84. The molecule has 0 bridgehead atoms. The van der Waals surface area contributed by atoms with Crippen LogP contribution in [0.4, 0.5) is 0 Å². The van der Waals surface area contributed by atoms with Crippen LogP contribution in [0.25, 0.3) is 0 Å². The van der Waals surface area contributed by atoms with Gasteiger partial charge in [-0.2, -0.15) is 5.10 Å². The average Bonchev–Trinajstić information content (AvgIpc) is 2.73. The molecular weight excluding hydrogens is 507 g/mol. The Hall–Kier alpha value is -2.74. The molecule has 160 valence electrons. The quantitative estimate of drug-likeness (QED) is 0.286. The predicted octanol–water partition coefficient (Wildman–Crippen LogP) is 6.17. The van der Waals surface area contributed by atoms with Crippen LogP contribution in [0.15, 0.2) is 70.2 Å². The van der Waals surface area contributed by atoms with E-state index in [1.54, 1.807) is 61.5 Å². The Labute approximate surface area is 197 Å². The van der Waals surface area contributed by atoms with Crippen LogP contribution in [0.1, 0.15) is 12.5 Å². The lowest BCUT2D eigenvalue weighted by Gasteiger charge is -2.14.